The van der Waals surface area contributed by atoms with Crippen LogP contribution in [0, 0.1) is 5.92 Å². The van der Waals surface area contributed by atoms with Crippen molar-refractivity contribution in [3.63, 3.8) is 0 Å². The van der Waals surface area contributed by atoms with Crippen molar-refractivity contribution in [3.8, 4) is 0 Å². The Morgan fingerprint density at radius 3 is 2.05 bits per heavy atom. The second-order valence-electron chi connectivity index (χ2n) is 6.14. The van der Waals surface area contributed by atoms with Gasteiger partial charge in [-0.15, -0.1) is 0 Å². The van der Waals surface area contributed by atoms with Crippen molar-refractivity contribution in [2.24, 2.45) is 5.92 Å². The molecule has 0 aliphatic heterocycles. The van der Waals surface area contributed by atoms with Crippen LogP contribution in [0.5, 0.6) is 0 Å². The summed E-state index contributed by atoms with van der Waals surface area (Å²) in [5.41, 5.74) is 1.28. The Labute approximate surface area is 135 Å². The van der Waals surface area contributed by atoms with Crippen LogP contribution < -0.4 is 0 Å². The number of halogens is 1. The largest absolute Gasteiger partial charge is 0.396 e. The number of benzene rings is 1. The molecule has 1 aromatic carbocycles. The summed E-state index contributed by atoms with van der Waals surface area (Å²) >= 11 is 5.90. The molecule has 0 aromatic heterocycles. The maximum atomic E-state index is 9.52. The fourth-order valence-electron chi connectivity index (χ4n) is 2.78. The second kappa shape index (κ2) is 12.1. The van der Waals surface area contributed by atoms with Gasteiger partial charge in [0.1, 0.15) is 0 Å². The van der Waals surface area contributed by atoms with Crippen LogP contribution in [0.25, 0.3) is 0 Å². The standard InChI is InChI=1S/C19H31ClO/c1-2-3-4-5-6-7-8-9-10-18(16-21)15-17-11-13-19(20)14-12-17/h11-14,18,21H,2-10,15-16H2,1H3. The third-order valence-corrected chi connectivity index (χ3v) is 4.41. The quantitative estimate of drug-likeness (QED) is 0.468. The third kappa shape index (κ3) is 9.16. The highest BCUT2D eigenvalue weighted by Crippen LogP contribution is 2.18. The van der Waals surface area contributed by atoms with Gasteiger partial charge in [-0.25, -0.2) is 0 Å². The maximum absolute atomic E-state index is 9.52. The molecule has 1 unspecified atom stereocenters. The van der Waals surface area contributed by atoms with E-state index in [2.05, 4.69) is 19.1 Å². The van der Waals surface area contributed by atoms with Crippen LogP contribution in [0.1, 0.15) is 70.3 Å². The summed E-state index contributed by atoms with van der Waals surface area (Å²) in [5, 5.41) is 10.3. The van der Waals surface area contributed by atoms with E-state index < -0.39 is 0 Å². The smallest absolute Gasteiger partial charge is 0.0462 e. The molecular weight excluding hydrogens is 280 g/mol. The van der Waals surface area contributed by atoms with E-state index in [1.165, 1.54) is 56.9 Å². The summed E-state index contributed by atoms with van der Waals surface area (Å²) in [6.45, 7) is 2.55. The molecule has 1 nitrogen and oxygen atoms in total. The number of aliphatic hydroxyl groups is 1. The van der Waals surface area contributed by atoms with E-state index in [9.17, 15) is 5.11 Å². The summed E-state index contributed by atoms with van der Waals surface area (Å²) in [6, 6.07) is 8.00. The number of rotatable bonds is 12. The number of hydrogen-bond donors (Lipinski definition) is 1. The van der Waals surface area contributed by atoms with Gasteiger partial charge in [0.05, 0.1) is 0 Å². The third-order valence-electron chi connectivity index (χ3n) is 4.16. The van der Waals surface area contributed by atoms with E-state index in [4.69, 9.17) is 11.6 Å². The van der Waals surface area contributed by atoms with Gasteiger partial charge < -0.3 is 5.11 Å². The average molecular weight is 311 g/mol. The molecule has 0 fully saturated rings. The summed E-state index contributed by atoms with van der Waals surface area (Å²) in [4.78, 5) is 0. The minimum absolute atomic E-state index is 0.291. The van der Waals surface area contributed by atoms with Crippen LogP contribution in [0.4, 0.5) is 0 Å². The molecule has 0 aliphatic rings. The number of unbranched alkanes of at least 4 members (excludes halogenated alkanes) is 7. The highest BCUT2D eigenvalue weighted by Gasteiger charge is 2.08. The van der Waals surface area contributed by atoms with Crippen LogP contribution in [0.2, 0.25) is 5.02 Å². The van der Waals surface area contributed by atoms with E-state index in [1.54, 1.807) is 0 Å². The summed E-state index contributed by atoms with van der Waals surface area (Å²) in [5.74, 6) is 0.395. The van der Waals surface area contributed by atoms with Gasteiger partial charge in [-0.05, 0) is 36.5 Å². The fraction of sp³-hybridized carbons (Fsp3) is 0.684. The van der Waals surface area contributed by atoms with Crippen molar-refractivity contribution in [1.29, 1.82) is 0 Å². The molecule has 1 aromatic rings. The molecule has 0 heterocycles. The van der Waals surface area contributed by atoms with Crippen molar-refractivity contribution in [3.05, 3.63) is 34.9 Å². The van der Waals surface area contributed by atoms with Gasteiger partial charge in [0.2, 0.25) is 0 Å². The van der Waals surface area contributed by atoms with Crippen LogP contribution in [0.3, 0.4) is 0 Å². The summed E-state index contributed by atoms with van der Waals surface area (Å²) in [7, 11) is 0. The van der Waals surface area contributed by atoms with E-state index in [0.717, 1.165) is 17.9 Å². The van der Waals surface area contributed by atoms with Crippen molar-refractivity contribution in [2.75, 3.05) is 6.61 Å². The van der Waals surface area contributed by atoms with Crippen LogP contribution in [-0.2, 0) is 6.42 Å². The molecule has 1 N–H and O–H groups in total. The Kier molecular flexibility index (Phi) is 10.6. The predicted molar refractivity (Wildman–Crippen MR) is 93.0 cm³/mol. The van der Waals surface area contributed by atoms with Crippen LogP contribution in [0.15, 0.2) is 24.3 Å². The molecule has 0 saturated heterocycles. The molecule has 0 bridgehead atoms. The molecule has 21 heavy (non-hydrogen) atoms. The molecule has 0 spiro atoms. The zero-order chi connectivity index (χ0) is 15.3. The normalized spacial score (nSPS) is 12.5. The minimum atomic E-state index is 0.291. The van der Waals surface area contributed by atoms with Gasteiger partial charge in [0, 0.05) is 11.6 Å². The Morgan fingerprint density at radius 1 is 0.905 bits per heavy atom. The van der Waals surface area contributed by atoms with Gasteiger partial charge >= 0.3 is 0 Å². The van der Waals surface area contributed by atoms with Gasteiger partial charge in [0.15, 0.2) is 0 Å². The zero-order valence-corrected chi connectivity index (χ0v) is 14.2. The van der Waals surface area contributed by atoms with Gasteiger partial charge in [-0.2, -0.15) is 0 Å². The molecule has 2 heteroatoms. The molecule has 0 aliphatic carbocycles. The van der Waals surface area contributed by atoms with Crippen molar-refractivity contribution < 1.29 is 5.11 Å². The monoisotopic (exact) mass is 310 g/mol. The highest BCUT2D eigenvalue weighted by molar-refractivity contribution is 6.30. The first-order chi connectivity index (χ1) is 10.3. The molecule has 1 rings (SSSR count). The van der Waals surface area contributed by atoms with Crippen LogP contribution >= 0.6 is 11.6 Å². The highest BCUT2D eigenvalue weighted by atomic mass is 35.5. The van der Waals surface area contributed by atoms with E-state index in [1.807, 2.05) is 12.1 Å². The topological polar surface area (TPSA) is 20.2 Å². The summed E-state index contributed by atoms with van der Waals surface area (Å²) < 4.78 is 0. The zero-order valence-electron chi connectivity index (χ0n) is 13.5. The van der Waals surface area contributed by atoms with E-state index in [0.29, 0.717) is 12.5 Å². The van der Waals surface area contributed by atoms with E-state index in [-0.39, 0.29) is 0 Å². The lowest BCUT2D eigenvalue weighted by Crippen LogP contribution is -2.09. The van der Waals surface area contributed by atoms with Crippen molar-refractivity contribution in [1.82, 2.24) is 0 Å². The Balaban J connectivity index is 2.09. The Hall–Kier alpha value is -0.530. The molecule has 0 radical (unpaired) electrons. The fourth-order valence-corrected chi connectivity index (χ4v) is 2.90. The number of hydrogen-bond acceptors (Lipinski definition) is 1. The lowest BCUT2D eigenvalue weighted by atomic mass is 9.94. The lowest BCUT2D eigenvalue weighted by molar-refractivity contribution is 0.214. The Morgan fingerprint density at radius 2 is 1.48 bits per heavy atom. The molecule has 0 saturated carbocycles. The molecule has 0 amide bonds. The minimum Gasteiger partial charge on any atom is -0.396 e. The maximum Gasteiger partial charge on any atom is 0.0462 e. The molecular formula is C19H31ClO. The predicted octanol–water partition coefficient (Wildman–Crippen LogP) is 6.02. The van der Waals surface area contributed by atoms with Gasteiger partial charge in [-0.3, -0.25) is 0 Å². The second-order valence-corrected chi connectivity index (χ2v) is 6.58. The first kappa shape index (κ1) is 18.5. The van der Waals surface area contributed by atoms with Crippen molar-refractivity contribution >= 4 is 11.6 Å². The van der Waals surface area contributed by atoms with Crippen LogP contribution in [-0.4, -0.2) is 11.7 Å². The first-order valence-corrected chi connectivity index (χ1v) is 8.99. The average Bonchev–Trinajstić information content (AvgIpc) is 2.50. The molecule has 120 valence electrons. The Bertz CT molecular complexity index is 347. The van der Waals surface area contributed by atoms with Gasteiger partial charge in [0.25, 0.3) is 0 Å². The molecule has 1 atom stereocenters. The first-order valence-electron chi connectivity index (χ1n) is 8.61. The van der Waals surface area contributed by atoms with Gasteiger partial charge in [-0.1, -0.05) is 82.0 Å². The number of aliphatic hydroxyl groups excluding tert-OH is 1. The van der Waals surface area contributed by atoms with E-state index >= 15 is 0 Å². The SMILES string of the molecule is CCCCCCCCCCC(CO)Cc1ccc(Cl)cc1. The summed E-state index contributed by atoms with van der Waals surface area (Å²) in [6.07, 6.45) is 12.9. The van der Waals surface area contributed by atoms with Crippen molar-refractivity contribution in [2.45, 2.75) is 71.1 Å². The lowest BCUT2D eigenvalue weighted by Gasteiger charge is -2.14.